The van der Waals surface area contributed by atoms with Crippen LogP contribution in [0.4, 0.5) is 13.2 Å². The van der Waals surface area contributed by atoms with Gasteiger partial charge in [-0.25, -0.2) is 4.79 Å². The van der Waals surface area contributed by atoms with Crippen molar-refractivity contribution in [3.8, 4) is 17.6 Å². The number of likely N-dealkylation sites (N-methyl/N-ethyl adjacent to an activating group) is 1. The van der Waals surface area contributed by atoms with E-state index in [1.165, 1.54) is 16.8 Å². The van der Waals surface area contributed by atoms with E-state index in [2.05, 4.69) is 24.1 Å². The van der Waals surface area contributed by atoms with Crippen molar-refractivity contribution in [1.82, 2.24) is 25.1 Å². The van der Waals surface area contributed by atoms with Crippen LogP contribution in [0.2, 0.25) is 0 Å². The molecule has 21 heteroatoms. The summed E-state index contributed by atoms with van der Waals surface area (Å²) >= 11 is 0. The zero-order valence-corrected chi connectivity index (χ0v) is 41.8. The molecule has 1 aromatic heterocycles. The Balaban J connectivity index is 0.00000228. The molecule has 1 saturated heterocycles. The molecule has 0 spiro atoms. The first-order valence-corrected chi connectivity index (χ1v) is 22.9. The van der Waals surface area contributed by atoms with Gasteiger partial charge in [0.2, 0.25) is 5.91 Å². The summed E-state index contributed by atoms with van der Waals surface area (Å²) in [7, 11) is 4.29. The Bertz CT molecular complexity index is 2300. The molecular formula is C49H62F3N6NiO10P. The number of aromatic nitrogens is 2. The zero-order valence-electron chi connectivity index (χ0n) is 39.8. The molecule has 3 N–H and O–H groups in total. The number of nitrogens with one attached hydrogen (secondary N) is 3. The van der Waals surface area contributed by atoms with Crippen molar-refractivity contribution >= 4 is 26.9 Å². The van der Waals surface area contributed by atoms with Crippen LogP contribution >= 0.6 is 9.03 Å². The third kappa shape index (κ3) is 18.7. The van der Waals surface area contributed by atoms with Crippen molar-refractivity contribution in [3.05, 3.63) is 148 Å². The fourth-order valence-corrected chi connectivity index (χ4v) is 7.29. The van der Waals surface area contributed by atoms with E-state index >= 15 is 0 Å². The summed E-state index contributed by atoms with van der Waals surface area (Å²) in [6, 6.07) is 26.6. The predicted octanol–water partition coefficient (Wildman–Crippen LogP) is 6.87. The molecule has 4 atom stereocenters. The van der Waals surface area contributed by atoms with Crippen LogP contribution in [0.15, 0.2) is 101 Å². The minimum atomic E-state index is -4.98. The summed E-state index contributed by atoms with van der Waals surface area (Å²) < 4.78 is 74.6. The Morgan fingerprint density at radius 2 is 1.47 bits per heavy atom. The van der Waals surface area contributed by atoms with Crippen LogP contribution < -0.4 is 31.4 Å². The van der Waals surface area contributed by atoms with Crippen molar-refractivity contribution in [3.63, 3.8) is 0 Å². The average molecular weight is 1040 g/mol. The van der Waals surface area contributed by atoms with Crippen molar-refractivity contribution < 1.29 is 67.2 Å². The molecule has 0 saturated carbocycles. The van der Waals surface area contributed by atoms with Gasteiger partial charge in [0.15, 0.2) is 9.03 Å². The minimum absolute atomic E-state index is 0. The number of nitrogens with zero attached hydrogens (tertiary/aromatic N) is 3. The van der Waals surface area contributed by atoms with Crippen LogP contribution in [0.1, 0.15) is 68.0 Å². The van der Waals surface area contributed by atoms with E-state index in [4.69, 9.17) is 33.3 Å². The number of benzene rings is 3. The fraction of sp³-hybridized carbons (Fsp3) is 0.408. The maximum Gasteiger partial charge on any atom is 2.00 e. The number of amides is 2. The van der Waals surface area contributed by atoms with E-state index in [9.17, 15) is 32.3 Å². The van der Waals surface area contributed by atoms with E-state index in [1.54, 1.807) is 31.5 Å². The van der Waals surface area contributed by atoms with Gasteiger partial charge in [-0.1, -0.05) is 68.4 Å². The molecule has 1 aliphatic heterocycles. The number of aromatic amines is 1. The second-order valence-electron chi connectivity index (χ2n) is 15.1. The quantitative estimate of drug-likeness (QED) is 0.0185. The Morgan fingerprint density at radius 3 is 2.00 bits per heavy atom. The standard InChI is InChI=1S/C43H48F3N6O10P.2C3H7.Ni/c1-51(24-22-49-40(55)43(44,45)46)23-21-48-37(53)19-10-29-27-52(41(56)50-39(29)54)38-26-35(62-63-60-25-7-20-47)36(61-38)28-59-42(30-8-5-4-6-9-30,31-11-15-33(57-2)16-12-31)32-13-17-34(58-3)18-14-32;2*1-3-2;/h4-6,8-19,27,35-36,38,63H,7,21-26,28H2,1-3H3,(H,48,53)(H,49,55)(H,50,54,56);2*1,3H2,2H3;/q;2*-1;+2/b19-10+;;;. The van der Waals surface area contributed by atoms with Gasteiger partial charge in [-0.05, 0) is 54.1 Å². The topological polar surface area (TPSA) is 195 Å². The number of H-pyrrole nitrogens is 1. The zero-order chi connectivity index (χ0) is 50.8. The molecule has 4 unspecified atom stereocenters. The first-order chi connectivity index (χ1) is 33.1. The molecule has 384 valence electrons. The number of alkyl halides is 3. The average Bonchev–Trinajstić information content (AvgIpc) is 3.74. The molecule has 0 bridgehead atoms. The molecule has 2 heterocycles. The second-order valence-corrected chi connectivity index (χ2v) is 15.8. The van der Waals surface area contributed by atoms with Crippen molar-refractivity contribution in [2.24, 2.45) is 0 Å². The fourth-order valence-electron chi connectivity index (χ4n) is 6.66. The molecule has 4 aromatic rings. The Morgan fingerprint density at radius 1 is 0.929 bits per heavy atom. The van der Waals surface area contributed by atoms with Gasteiger partial charge in [0.1, 0.15) is 29.4 Å². The first-order valence-electron chi connectivity index (χ1n) is 22.1. The summed E-state index contributed by atoms with van der Waals surface area (Å²) in [5, 5.41) is 13.4. The number of nitriles is 1. The van der Waals surface area contributed by atoms with Gasteiger partial charge in [-0.3, -0.25) is 23.9 Å². The predicted molar refractivity (Wildman–Crippen MR) is 257 cm³/mol. The van der Waals surface area contributed by atoms with E-state index in [1.807, 2.05) is 98.8 Å². The summed E-state index contributed by atoms with van der Waals surface area (Å²) in [5.41, 5.74) is -0.441. The van der Waals surface area contributed by atoms with Gasteiger partial charge in [0, 0.05) is 44.9 Å². The SMILES string of the molecule is COc1ccc(C(OCC2OC(n3cc(/C=C/C(=O)NCCN(C)CCNC(=O)C(F)(F)F)c(=O)[nH]c3=O)CC2OPOCCC#N)(c2ccccc2)c2ccc(OC)cc2)cc1.[CH2-]CC.[CH2-]CC.[Ni+2]. The molecule has 70 heavy (non-hydrogen) atoms. The van der Waals surface area contributed by atoms with Gasteiger partial charge < -0.3 is 57.4 Å². The van der Waals surface area contributed by atoms with Gasteiger partial charge >= 0.3 is 34.3 Å². The molecule has 5 rings (SSSR count). The minimum Gasteiger partial charge on any atom is -0.497 e. The molecule has 1 aliphatic rings. The van der Waals surface area contributed by atoms with E-state index in [0.29, 0.717) is 11.5 Å². The maximum atomic E-state index is 13.3. The normalized spacial score (nSPS) is 15.5. The van der Waals surface area contributed by atoms with Crippen LogP contribution in [0.5, 0.6) is 11.5 Å². The molecule has 0 aliphatic carbocycles. The van der Waals surface area contributed by atoms with E-state index < -0.39 is 62.3 Å². The molecule has 16 nitrogen and oxygen atoms in total. The number of hydrogen-bond donors (Lipinski definition) is 3. The number of ether oxygens (including phenoxy) is 4. The number of carbonyl (C=O) groups is 2. The monoisotopic (exact) mass is 1040 g/mol. The van der Waals surface area contributed by atoms with Crippen molar-refractivity contribution in [1.29, 1.82) is 5.26 Å². The summed E-state index contributed by atoms with van der Waals surface area (Å²) in [5.74, 6) is -1.33. The van der Waals surface area contributed by atoms with Gasteiger partial charge in [-0.15, -0.1) is 0 Å². The maximum absolute atomic E-state index is 13.3. The van der Waals surface area contributed by atoms with E-state index in [-0.39, 0.29) is 74.3 Å². The number of halogens is 3. The molecule has 2 amide bonds. The summed E-state index contributed by atoms with van der Waals surface area (Å²) in [6.45, 7) is 11.3. The Labute approximate surface area is 419 Å². The second kappa shape index (κ2) is 31.8. The number of hydrogen-bond acceptors (Lipinski definition) is 12. The first kappa shape index (κ1) is 60.7. The van der Waals surface area contributed by atoms with Crippen molar-refractivity contribution in [2.45, 2.75) is 69.7 Å². The smallest absolute Gasteiger partial charge is 0.497 e. The largest absolute Gasteiger partial charge is 2.00 e. The third-order valence-corrected chi connectivity index (χ3v) is 10.7. The summed E-state index contributed by atoms with van der Waals surface area (Å²) in [6.07, 6.45) is -1.57. The van der Waals surface area contributed by atoms with Gasteiger partial charge in [0.05, 0.1) is 51.6 Å². The number of rotatable bonds is 22. The molecular weight excluding hydrogens is 979 g/mol. The van der Waals surface area contributed by atoms with E-state index in [0.717, 1.165) is 35.6 Å². The van der Waals surface area contributed by atoms with Crippen LogP contribution in [0, 0.1) is 25.2 Å². The third-order valence-electron chi connectivity index (χ3n) is 9.94. The Hall–Kier alpha value is -5.38. The van der Waals surface area contributed by atoms with Crippen LogP contribution in [0.25, 0.3) is 6.08 Å². The molecule has 0 radical (unpaired) electrons. The van der Waals surface area contributed by atoms with Gasteiger partial charge in [-0.2, -0.15) is 31.3 Å². The number of methoxy groups -OCH3 is 2. The molecule has 3 aromatic carbocycles. The molecule has 1 fully saturated rings. The van der Waals surface area contributed by atoms with Crippen LogP contribution in [0.3, 0.4) is 0 Å². The number of carbonyl (C=O) groups excluding carboxylic acids is 2. The van der Waals surface area contributed by atoms with Gasteiger partial charge in [0.25, 0.3) is 5.56 Å². The van der Waals surface area contributed by atoms with Crippen molar-refractivity contribution in [2.75, 3.05) is 60.7 Å². The summed E-state index contributed by atoms with van der Waals surface area (Å²) in [4.78, 5) is 53.7. The van der Waals surface area contributed by atoms with Crippen LogP contribution in [-0.2, 0) is 50.2 Å². The van der Waals surface area contributed by atoms with Crippen LogP contribution in [-0.4, -0.2) is 105 Å². The Kier molecular flexibility index (Phi) is 27.6.